The van der Waals surface area contributed by atoms with E-state index in [1.54, 1.807) is 14.2 Å². The molecule has 0 aliphatic carbocycles. The van der Waals surface area contributed by atoms with Crippen LogP contribution < -0.4 is 0 Å². The Bertz CT molecular complexity index is 201. The van der Waals surface area contributed by atoms with Crippen molar-refractivity contribution in [3.05, 3.63) is 24.8 Å². The predicted octanol–water partition coefficient (Wildman–Crippen LogP) is 1.55. The first-order valence-electron chi connectivity index (χ1n) is 4.78. The van der Waals surface area contributed by atoms with Crippen LogP contribution in [0.4, 0.5) is 0 Å². The number of hydrogen-bond acceptors (Lipinski definition) is 3. The molecular weight excluding hydrogens is 180 g/mol. The van der Waals surface area contributed by atoms with Crippen LogP contribution in [0.25, 0.3) is 0 Å². The van der Waals surface area contributed by atoms with Crippen molar-refractivity contribution in [3.8, 4) is 0 Å². The van der Waals surface area contributed by atoms with Gasteiger partial charge in [-0.15, -0.1) is 6.58 Å². The zero-order chi connectivity index (χ0) is 10.4. The van der Waals surface area contributed by atoms with Gasteiger partial charge in [-0.25, -0.2) is 0 Å². The van der Waals surface area contributed by atoms with Gasteiger partial charge in [0.05, 0.1) is 12.7 Å². The first kappa shape index (κ1) is 11.4. The van der Waals surface area contributed by atoms with Gasteiger partial charge in [0.1, 0.15) is 12.2 Å². The molecule has 1 unspecified atom stereocenters. The highest BCUT2D eigenvalue weighted by Crippen LogP contribution is 2.17. The van der Waals surface area contributed by atoms with E-state index in [2.05, 4.69) is 6.58 Å². The molecule has 1 aliphatic rings. The van der Waals surface area contributed by atoms with Gasteiger partial charge in [0.15, 0.2) is 0 Å². The van der Waals surface area contributed by atoms with E-state index >= 15 is 0 Å². The van der Waals surface area contributed by atoms with E-state index in [1.165, 1.54) is 0 Å². The first-order chi connectivity index (χ1) is 6.81. The summed E-state index contributed by atoms with van der Waals surface area (Å²) in [5.41, 5.74) is 0. The molecule has 0 aromatic heterocycles. The van der Waals surface area contributed by atoms with E-state index in [1.807, 2.05) is 18.2 Å². The molecule has 3 nitrogen and oxygen atoms in total. The highest BCUT2D eigenvalue weighted by molar-refractivity contribution is 5.04. The second kappa shape index (κ2) is 5.96. The largest absolute Gasteiger partial charge is 0.382 e. The molecular formula is C11H18O3. The molecule has 1 aliphatic heterocycles. The number of hydrogen-bond donors (Lipinski definition) is 0. The smallest absolute Gasteiger partial charge is 0.111 e. The van der Waals surface area contributed by atoms with Crippen molar-refractivity contribution in [1.82, 2.24) is 0 Å². The van der Waals surface area contributed by atoms with Crippen molar-refractivity contribution < 1.29 is 14.2 Å². The molecule has 0 aromatic rings. The maximum atomic E-state index is 5.76. The minimum Gasteiger partial charge on any atom is -0.382 e. The van der Waals surface area contributed by atoms with E-state index in [0.29, 0.717) is 6.61 Å². The van der Waals surface area contributed by atoms with Crippen molar-refractivity contribution >= 4 is 0 Å². The molecule has 1 rings (SSSR count). The number of ether oxygens (including phenoxy) is 3. The van der Waals surface area contributed by atoms with Gasteiger partial charge >= 0.3 is 0 Å². The highest BCUT2D eigenvalue weighted by Gasteiger charge is 2.26. The van der Waals surface area contributed by atoms with Crippen LogP contribution in [0.3, 0.4) is 0 Å². The third kappa shape index (κ3) is 2.94. The average Bonchev–Trinajstić information content (AvgIpc) is 2.19. The second-order valence-electron chi connectivity index (χ2n) is 3.28. The van der Waals surface area contributed by atoms with E-state index in [0.717, 1.165) is 6.42 Å². The summed E-state index contributed by atoms with van der Waals surface area (Å²) in [4.78, 5) is 0. The summed E-state index contributed by atoms with van der Waals surface area (Å²) in [6, 6.07) is 0. The van der Waals surface area contributed by atoms with Crippen LogP contribution in [0.2, 0.25) is 0 Å². The van der Waals surface area contributed by atoms with Gasteiger partial charge in [0, 0.05) is 14.2 Å². The lowest BCUT2D eigenvalue weighted by molar-refractivity contribution is -0.0960. The molecule has 3 atom stereocenters. The van der Waals surface area contributed by atoms with Gasteiger partial charge in [-0.2, -0.15) is 0 Å². The maximum Gasteiger partial charge on any atom is 0.111 e. The zero-order valence-electron chi connectivity index (χ0n) is 8.81. The fourth-order valence-corrected chi connectivity index (χ4v) is 1.53. The summed E-state index contributed by atoms with van der Waals surface area (Å²) >= 11 is 0. The monoisotopic (exact) mass is 198 g/mol. The molecule has 0 N–H and O–H groups in total. The molecule has 0 amide bonds. The Hall–Kier alpha value is -0.640. The third-order valence-corrected chi connectivity index (χ3v) is 2.23. The van der Waals surface area contributed by atoms with Gasteiger partial charge < -0.3 is 14.2 Å². The molecule has 80 valence electrons. The van der Waals surface area contributed by atoms with Crippen molar-refractivity contribution in [3.63, 3.8) is 0 Å². The fraction of sp³-hybridized carbons (Fsp3) is 0.636. The van der Waals surface area contributed by atoms with Gasteiger partial charge in [-0.1, -0.05) is 18.2 Å². The lowest BCUT2D eigenvalue weighted by Gasteiger charge is -2.30. The van der Waals surface area contributed by atoms with Gasteiger partial charge in [0.2, 0.25) is 0 Å². The van der Waals surface area contributed by atoms with E-state index in [-0.39, 0.29) is 18.3 Å². The Labute approximate surface area is 85.3 Å². The molecule has 0 saturated heterocycles. The van der Waals surface area contributed by atoms with Crippen molar-refractivity contribution in [2.75, 3.05) is 20.8 Å². The summed E-state index contributed by atoms with van der Waals surface area (Å²) < 4.78 is 16.1. The average molecular weight is 198 g/mol. The summed E-state index contributed by atoms with van der Waals surface area (Å²) in [7, 11) is 3.34. The third-order valence-electron chi connectivity index (χ3n) is 2.23. The standard InChI is InChI=1S/C11H18O3/c1-4-5-9-6-7-10(13-3)11(14-9)8-12-2/h4,6-7,9-11H,1,5,8H2,2-3H3/t9?,10-,11+/m0/s1. The molecule has 0 spiro atoms. The van der Waals surface area contributed by atoms with Crippen LogP contribution in [-0.2, 0) is 14.2 Å². The molecule has 0 radical (unpaired) electrons. The Balaban J connectivity index is 2.55. The quantitative estimate of drug-likeness (QED) is 0.627. The normalized spacial score (nSPS) is 31.7. The Kier molecular flexibility index (Phi) is 4.87. The maximum absolute atomic E-state index is 5.76. The lowest BCUT2D eigenvalue weighted by Crippen LogP contribution is -2.39. The minimum absolute atomic E-state index is 0.00369. The highest BCUT2D eigenvalue weighted by atomic mass is 16.6. The molecule has 0 fully saturated rings. The van der Waals surface area contributed by atoms with Crippen LogP contribution in [0.1, 0.15) is 6.42 Å². The molecule has 0 saturated carbocycles. The SMILES string of the molecule is C=CCC1C=C[C@H](OC)[C@@H](COC)O1. The van der Waals surface area contributed by atoms with Gasteiger partial charge in [-0.05, 0) is 6.42 Å². The summed E-state index contributed by atoms with van der Waals surface area (Å²) in [5, 5.41) is 0. The summed E-state index contributed by atoms with van der Waals surface area (Å²) in [6.45, 7) is 4.24. The van der Waals surface area contributed by atoms with Gasteiger partial charge in [0.25, 0.3) is 0 Å². The summed E-state index contributed by atoms with van der Waals surface area (Å²) in [6.07, 6.45) is 6.82. The molecule has 14 heavy (non-hydrogen) atoms. The van der Waals surface area contributed by atoms with Crippen LogP contribution in [0.5, 0.6) is 0 Å². The fourth-order valence-electron chi connectivity index (χ4n) is 1.53. The number of methoxy groups -OCH3 is 2. The van der Waals surface area contributed by atoms with E-state index in [9.17, 15) is 0 Å². The molecule has 0 aromatic carbocycles. The summed E-state index contributed by atoms with van der Waals surface area (Å²) in [5.74, 6) is 0. The van der Waals surface area contributed by atoms with Crippen molar-refractivity contribution in [1.29, 1.82) is 0 Å². The van der Waals surface area contributed by atoms with Crippen molar-refractivity contribution in [2.24, 2.45) is 0 Å². The molecule has 3 heteroatoms. The topological polar surface area (TPSA) is 27.7 Å². The zero-order valence-corrected chi connectivity index (χ0v) is 8.81. The van der Waals surface area contributed by atoms with E-state index < -0.39 is 0 Å². The Morgan fingerprint density at radius 1 is 1.43 bits per heavy atom. The minimum atomic E-state index is -0.0139. The predicted molar refractivity (Wildman–Crippen MR) is 55.3 cm³/mol. The molecule has 1 heterocycles. The first-order valence-corrected chi connectivity index (χ1v) is 4.78. The Morgan fingerprint density at radius 2 is 2.21 bits per heavy atom. The van der Waals surface area contributed by atoms with Crippen LogP contribution in [0, 0.1) is 0 Å². The van der Waals surface area contributed by atoms with Crippen LogP contribution in [-0.4, -0.2) is 39.1 Å². The van der Waals surface area contributed by atoms with Crippen LogP contribution in [0.15, 0.2) is 24.8 Å². The van der Waals surface area contributed by atoms with Gasteiger partial charge in [-0.3, -0.25) is 0 Å². The lowest BCUT2D eigenvalue weighted by atomic mass is 10.1. The molecule has 0 bridgehead atoms. The van der Waals surface area contributed by atoms with Crippen LogP contribution >= 0.6 is 0 Å². The van der Waals surface area contributed by atoms with E-state index in [4.69, 9.17) is 14.2 Å². The van der Waals surface area contributed by atoms with Crippen molar-refractivity contribution in [2.45, 2.75) is 24.7 Å². The Morgan fingerprint density at radius 3 is 2.79 bits per heavy atom. The second-order valence-corrected chi connectivity index (χ2v) is 3.28. The number of rotatable bonds is 5.